The molecule has 0 radical (unpaired) electrons. The van der Waals surface area contributed by atoms with Gasteiger partial charge in [-0.25, -0.2) is 4.98 Å². The number of nitrogens with zero attached hydrogens (tertiary/aromatic N) is 2. The second kappa shape index (κ2) is 5.96. The highest BCUT2D eigenvalue weighted by Crippen LogP contribution is 2.31. The lowest BCUT2D eigenvalue weighted by molar-refractivity contribution is 1.32. The van der Waals surface area contributed by atoms with E-state index >= 15 is 0 Å². The number of benzene rings is 2. The number of nitriles is 1. The van der Waals surface area contributed by atoms with Gasteiger partial charge in [0.1, 0.15) is 5.82 Å². The Morgan fingerprint density at radius 3 is 2.73 bits per heavy atom. The predicted molar refractivity (Wildman–Crippen MR) is 93.6 cm³/mol. The zero-order valence-electron chi connectivity index (χ0n) is 11.7. The normalized spacial score (nSPS) is 10.5. The number of pyridine rings is 1. The highest BCUT2D eigenvalue weighted by Gasteiger charge is 2.08. The molecule has 1 aromatic heterocycles. The van der Waals surface area contributed by atoms with Crippen molar-refractivity contribution in [2.75, 3.05) is 5.32 Å². The van der Waals surface area contributed by atoms with Gasteiger partial charge in [-0.05, 0) is 52.7 Å². The summed E-state index contributed by atoms with van der Waals surface area (Å²) in [7, 11) is 0. The Morgan fingerprint density at radius 2 is 2.00 bits per heavy atom. The number of halogens is 2. The van der Waals surface area contributed by atoms with Crippen molar-refractivity contribution in [3.05, 3.63) is 63.2 Å². The van der Waals surface area contributed by atoms with Gasteiger partial charge in [0.15, 0.2) is 0 Å². The number of fused-ring (bicyclic) bond motifs is 1. The van der Waals surface area contributed by atoms with Gasteiger partial charge in [0.25, 0.3) is 0 Å². The second-order valence-electron chi connectivity index (χ2n) is 4.92. The molecule has 3 rings (SSSR count). The molecule has 2 aromatic carbocycles. The zero-order valence-corrected chi connectivity index (χ0v) is 14.0. The van der Waals surface area contributed by atoms with E-state index in [1.165, 1.54) is 0 Å². The number of hydrogen-bond donors (Lipinski definition) is 1. The largest absolute Gasteiger partial charge is 0.340 e. The molecule has 0 saturated heterocycles. The zero-order chi connectivity index (χ0) is 15.7. The van der Waals surface area contributed by atoms with Gasteiger partial charge in [-0.1, -0.05) is 23.7 Å². The van der Waals surface area contributed by atoms with Crippen molar-refractivity contribution in [3.8, 4) is 6.07 Å². The summed E-state index contributed by atoms with van der Waals surface area (Å²) < 4.78 is 0.888. The lowest BCUT2D eigenvalue weighted by atomic mass is 10.1. The summed E-state index contributed by atoms with van der Waals surface area (Å²) in [6.07, 6.45) is 1.74. The van der Waals surface area contributed by atoms with Gasteiger partial charge in [-0.3, -0.25) is 0 Å². The maximum atomic E-state index is 9.09. The van der Waals surface area contributed by atoms with E-state index in [9.17, 15) is 0 Å². The fourth-order valence-electron chi connectivity index (χ4n) is 2.19. The third-order valence-corrected chi connectivity index (χ3v) is 4.44. The van der Waals surface area contributed by atoms with Crippen LogP contribution in [0.1, 0.15) is 11.1 Å². The van der Waals surface area contributed by atoms with E-state index in [4.69, 9.17) is 16.9 Å². The van der Waals surface area contributed by atoms with Crippen LogP contribution in [0.5, 0.6) is 0 Å². The minimum absolute atomic E-state index is 0.595. The minimum atomic E-state index is 0.595. The van der Waals surface area contributed by atoms with E-state index in [1.54, 1.807) is 12.3 Å². The van der Waals surface area contributed by atoms with Crippen LogP contribution in [0.3, 0.4) is 0 Å². The van der Waals surface area contributed by atoms with Crippen LogP contribution in [-0.4, -0.2) is 4.98 Å². The summed E-state index contributed by atoms with van der Waals surface area (Å²) in [6, 6.07) is 13.4. The monoisotopic (exact) mass is 371 g/mol. The summed E-state index contributed by atoms with van der Waals surface area (Å²) >= 11 is 9.65. The predicted octanol–water partition coefficient (Wildman–Crippen LogP) is 5.57. The van der Waals surface area contributed by atoms with E-state index in [1.807, 2.05) is 37.3 Å². The molecule has 0 aliphatic rings. The van der Waals surface area contributed by atoms with Crippen molar-refractivity contribution in [3.63, 3.8) is 0 Å². The van der Waals surface area contributed by atoms with Crippen molar-refractivity contribution in [2.45, 2.75) is 6.92 Å². The van der Waals surface area contributed by atoms with Crippen LogP contribution >= 0.6 is 27.5 Å². The van der Waals surface area contributed by atoms with E-state index in [0.717, 1.165) is 26.5 Å². The SMILES string of the molecule is Cc1ccc(Nc2ncc(Br)c3ccc(C#N)cc23)cc1Cl. The van der Waals surface area contributed by atoms with Crippen LogP contribution < -0.4 is 5.32 Å². The molecule has 0 spiro atoms. The first-order valence-electron chi connectivity index (χ1n) is 6.60. The lowest BCUT2D eigenvalue weighted by Gasteiger charge is -2.11. The quantitative estimate of drug-likeness (QED) is 0.639. The van der Waals surface area contributed by atoms with Gasteiger partial charge in [0, 0.05) is 32.2 Å². The summed E-state index contributed by atoms with van der Waals surface area (Å²) in [5, 5.41) is 14.9. The Labute approximate surface area is 141 Å². The first-order valence-corrected chi connectivity index (χ1v) is 7.77. The minimum Gasteiger partial charge on any atom is -0.340 e. The third-order valence-electron chi connectivity index (χ3n) is 3.40. The molecule has 0 aliphatic heterocycles. The summed E-state index contributed by atoms with van der Waals surface area (Å²) in [6.45, 7) is 1.96. The summed E-state index contributed by atoms with van der Waals surface area (Å²) in [4.78, 5) is 4.42. The van der Waals surface area contributed by atoms with Crippen LogP contribution in [0, 0.1) is 18.3 Å². The molecule has 3 nitrogen and oxygen atoms in total. The topological polar surface area (TPSA) is 48.7 Å². The van der Waals surface area contributed by atoms with Crippen LogP contribution in [0.2, 0.25) is 5.02 Å². The maximum absolute atomic E-state index is 9.09. The van der Waals surface area contributed by atoms with Gasteiger partial charge < -0.3 is 5.32 Å². The Bertz CT molecular complexity index is 916. The van der Waals surface area contributed by atoms with Crippen LogP contribution in [0.4, 0.5) is 11.5 Å². The van der Waals surface area contributed by atoms with E-state index in [2.05, 4.69) is 32.3 Å². The van der Waals surface area contributed by atoms with Gasteiger partial charge in [0.05, 0.1) is 11.6 Å². The highest BCUT2D eigenvalue weighted by atomic mass is 79.9. The average molecular weight is 373 g/mol. The van der Waals surface area contributed by atoms with Crippen LogP contribution in [-0.2, 0) is 0 Å². The van der Waals surface area contributed by atoms with Crippen LogP contribution in [0.15, 0.2) is 47.1 Å². The number of rotatable bonds is 2. The number of nitrogens with one attached hydrogen (secondary N) is 1. The smallest absolute Gasteiger partial charge is 0.138 e. The van der Waals surface area contributed by atoms with Crippen molar-refractivity contribution in [1.82, 2.24) is 4.98 Å². The molecule has 0 aliphatic carbocycles. The van der Waals surface area contributed by atoms with Gasteiger partial charge >= 0.3 is 0 Å². The Balaban J connectivity index is 2.12. The molecule has 0 atom stereocenters. The summed E-state index contributed by atoms with van der Waals surface area (Å²) in [5.74, 6) is 0.690. The second-order valence-corrected chi connectivity index (χ2v) is 6.18. The number of aryl methyl sites for hydroxylation is 1. The fourth-order valence-corrected chi connectivity index (χ4v) is 2.81. The molecule has 5 heteroatoms. The Kier molecular flexibility index (Phi) is 4.02. The molecule has 22 heavy (non-hydrogen) atoms. The molecule has 0 saturated carbocycles. The molecule has 0 fully saturated rings. The van der Waals surface area contributed by atoms with Crippen molar-refractivity contribution in [2.24, 2.45) is 0 Å². The third kappa shape index (κ3) is 2.78. The fraction of sp³-hybridized carbons (Fsp3) is 0.0588. The molecule has 108 valence electrons. The lowest BCUT2D eigenvalue weighted by Crippen LogP contribution is -1.96. The molecule has 0 unspecified atom stereocenters. The molecule has 0 amide bonds. The number of hydrogen-bond acceptors (Lipinski definition) is 3. The Morgan fingerprint density at radius 1 is 1.18 bits per heavy atom. The molecular formula is C17H11BrClN3. The van der Waals surface area contributed by atoms with Crippen molar-refractivity contribution < 1.29 is 0 Å². The van der Waals surface area contributed by atoms with Gasteiger partial charge in [0.2, 0.25) is 0 Å². The van der Waals surface area contributed by atoms with E-state index in [-0.39, 0.29) is 0 Å². The molecule has 1 heterocycles. The first-order chi connectivity index (χ1) is 10.6. The Hall–Kier alpha value is -2.09. The highest BCUT2D eigenvalue weighted by molar-refractivity contribution is 9.10. The van der Waals surface area contributed by atoms with Crippen molar-refractivity contribution >= 4 is 49.8 Å². The number of aromatic nitrogens is 1. The van der Waals surface area contributed by atoms with Gasteiger partial charge in [-0.2, -0.15) is 5.26 Å². The maximum Gasteiger partial charge on any atom is 0.138 e. The number of anilines is 2. The average Bonchev–Trinajstić information content (AvgIpc) is 2.53. The standard InChI is InChI=1S/C17H11BrClN3/c1-10-2-4-12(7-16(10)19)22-17-14-6-11(8-20)3-5-13(14)15(18)9-21-17/h2-7,9H,1H3,(H,21,22). The van der Waals surface area contributed by atoms with Gasteiger partial charge in [-0.15, -0.1) is 0 Å². The molecule has 1 N–H and O–H groups in total. The summed E-state index contributed by atoms with van der Waals surface area (Å²) in [5.41, 5.74) is 2.47. The van der Waals surface area contributed by atoms with E-state index in [0.29, 0.717) is 16.4 Å². The van der Waals surface area contributed by atoms with Crippen LogP contribution in [0.25, 0.3) is 10.8 Å². The molecular weight excluding hydrogens is 362 g/mol. The first kappa shape index (κ1) is 14.8. The molecule has 3 aromatic rings. The van der Waals surface area contributed by atoms with Crippen molar-refractivity contribution in [1.29, 1.82) is 5.26 Å². The van der Waals surface area contributed by atoms with E-state index < -0.39 is 0 Å². The molecule has 0 bridgehead atoms.